The molecule has 144 valence electrons. The second-order valence-electron chi connectivity index (χ2n) is 7.13. The molecule has 8 heteroatoms. The lowest BCUT2D eigenvalue weighted by Crippen LogP contribution is -2.71. The second-order valence-corrected chi connectivity index (χ2v) is 8.90. The molecule has 27 heavy (non-hydrogen) atoms. The number of carboxylic acids is 1. The summed E-state index contributed by atoms with van der Waals surface area (Å²) in [5.41, 5.74) is 0.781. The van der Waals surface area contributed by atoms with Gasteiger partial charge in [-0.15, -0.1) is 18.3 Å². The van der Waals surface area contributed by atoms with Crippen LogP contribution in [0.15, 0.2) is 43.0 Å². The van der Waals surface area contributed by atoms with E-state index < -0.39 is 28.8 Å². The van der Waals surface area contributed by atoms with Crippen molar-refractivity contribution in [2.24, 2.45) is 0 Å². The molecule has 1 aromatic carbocycles. The summed E-state index contributed by atoms with van der Waals surface area (Å²) in [6.07, 6.45) is 1.66. The van der Waals surface area contributed by atoms with Gasteiger partial charge in [0.05, 0.1) is 0 Å². The standard InChI is InChI=1S/C19H23N3O4S/c1-4-10-20-12(11-8-6-5-7-9-11)15(23)21-13-16(24)22-14(18(25)26)19(2,3)27-17(13)22/h4-9,12-14,17,20H,1,10H2,2-3H3,(H,21,23)(H,25,26). The second kappa shape index (κ2) is 7.36. The maximum Gasteiger partial charge on any atom is 0.327 e. The Morgan fingerprint density at radius 2 is 2.04 bits per heavy atom. The van der Waals surface area contributed by atoms with E-state index in [0.29, 0.717) is 6.54 Å². The lowest BCUT2D eigenvalue weighted by atomic mass is 9.95. The fourth-order valence-corrected chi connectivity index (χ4v) is 5.22. The first kappa shape index (κ1) is 19.4. The number of fused-ring (bicyclic) bond motifs is 1. The zero-order chi connectivity index (χ0) is 19.8. The van der Waals surface area contributed by atoms with Gasteiger partial charge < -0.3 is 15.3 Å². The highest BCUT2D eigenvalue weighted by Gasteiger charge is 2.64. The fourth-order valence-electron chi connectivity index (χ4n) is 3.59. The third kappa shape index (κ3) is 3.46. The molecular formula is C19H23N3O4S. The third-order valence-electron chi connectivity index (χ3n) is 4.83. The van der Waals surface area contributed by atoms with Crippen LogP contribution in [0.4, 0.5) is 0 Å². The average molecular weight is 389 g/mol. The van der Waals surface area contributed by atoms with Gasteiger partial charge in [0.2, 0.25) is 11.8 Å². The number of hydrogen-bond acceptors (Lipinski definition) is 5. The first-order valence-electron chi connectivity index (χ1n) is 8.70. The van der Waals surface area contributed by atoms with E-state index in [1.807, 2.05) is 30.3 Å². The maximum atomic E-state index is 12.9. The first-order valence-corrected chi connectivity index (χ1v) is 9.58. The van der Waals surface area contributed by atoms with Crippen molar-refractivity contribution in [2.75, 3.05) is 6.54 Å². The van der Waals surface area contributed by atoms with Crippen molar-refractivity contribution in [3.63, 3.8) is 0 Å². The van der Waals surface area contributed by atoms with E-state index in [1.165, 1.54) is 16.7 Å². The largest absolute Gasteiger partial charge is 0.480 e. The van der Waals surface area contributed by atoms with Crippen molar-refractivity contribution in [1.82, 2.24) is 15.5 Å². The average Bonchev–Trinajstić information content (AvgIpc) is 2.89. The van der Waals surface area contributed by atoms with Gasteiger partial charge >= 0.3 is 5.97 Å². The van der Waals surface area contributed by atoms with E-state index in [1.54, 1.807) is 19.9 Å². The van der Waals surface area contributed by atoms with E-state index in [-0.39, 0.29) is 17.2 Å². The van der Waals surface area contributed by atoms with Crippen LogP contribution in [-0.2, 0) is 14.4 Å². The van der Waals surface area contributed by atoms with E-state index in [4.69, 9.17) is 0 Å². The third-order valence-corrected chi connectivity index (χ3v) is 6.41. The number of aliphatic carboxylic acids is 1. The van der Waals surface area contributed by atoms with Crippen LogP contribution in [0.5, 0.6) is 0 Å². The zero-order valence-electron chi connectivity index (χ0n) is 15.2. The van der Waals surface area contributed by atoms with Crippen molar-refractivity contribution >= 4 is 29.5 Å². The molecule has 0 aromatic heterocycles. The van der Waals surface area contributed by atoms with Crippen molar-refractivity contribution < 1.29 is 19.5 Å². The highest BCUT2D eigenvalue weighted by molar-refractivity contribution is 8.01. The first-order chi connectivity index (χ1) is 12.8. The molecule has 2 fully saturated rings. The van der Waals surface area contributed by atoms with Gasteiger partial charge in [-0.1, -0.05) is 36.4 Å². The summed E-state index contributed by atoms with van der Waals surface area (Å²) in [5.74, 6) is -1.70. The molecule has 2 heterocycles. The molecule has 2 aliphatic rings. The number of hydrogen-bond donors (Lipinski definition) is 3. The molecule has 0 saturated carbocycles. The molecule has 7 nitrogen and oxygen atoms in total. The van der Waals surface area contributed by atoms with Gasteiger partial charge in [0.1, 0.15) is 23.5 Å². The molecule has 4 atom stereocenters. The highest BCUT2D eigenvalue weighted by Crippen LogP contribution is 2.50. The Balaban J connectivity index is 1.75. The Hall–Kier alpha value is -2.32. The monoisotopic (exact) mass is 389 g/mol. The van der Waals surface area contributed by atoms with Crippen LogP contribution < -0.4 is 10.6 Å². The number of carboxylic acid groups (broad SMARTS) is 1. The number of carbonyl (C=O) groups is 3. The Bertz CT molecular complexity index is 767. The number of nitrogens with one attached hydrogen (secondary N) is 2. The lowest BCUT2D eigenvalue weighted by molar-refractivity contribution is -0.161. The van der Waals surface area contributed by atoms with E-state index >= 15 is 0 Å². The molecule has 0 spiro atoms. The minimum Gasteiger partial charge on any atom is -0.480 e. The number of amides is 2. The number of thioether (sulfide) groups is 1. The van der Waals surface area contributed by atoms with Crippen LogP contribution in [0.25, 0.3) is 0 Å². The fraction of sp³-hybridized carbons (Fsp3) is 0.421. The maximum absolute atomic E-state index is 12.9. The summed E-state index contributed by atoms with van der Waals surface area (Å²) >= 11 is 1.41. The molecular weight excluding hydrogens is 366 g/mol. The zero-order valence-corrected chi connectivity index (χ0v) is 16.0. The smallest absolute Gasteiger partial charge is 0.327 e. The molecule has 2 amide bonds. The molecule has 0 aliphatic carbocycles. The highest BCUT2D eigenvalue weighted by atomic mass is 32.2. The predicted octanol–water partition coefficient (Wildman–Crippen LogP) is 1.14. The van der Waals surface area contributed by atoms with Crippen LogP contribution >= 0.6 is 11.8 Å². The number of rotatable bonds is 7. The van der Waals surface area contributed by atoms with Gasteiger partial charge in [0.15, 0.2) is 0 Å². The van der Waals surface area contributed by atoms with Crippen molar-refractivity contribution in [1.29, 1.82) is 0 Å². The van der Waals surface area contributed by atoms with E-state index in [9.17, 15) is 19.5 Å². The van der Waals surface area contributed by atoms with Crippen molar-refractivity contribution in [3.05, 3.63) is 48.6 Å². The summed E-state index contributed by atoms with van der Waals surface area (Å²) in [6.45, 7) is 7.70. The van der Waals surface area contributed by atoms with Gasteiger partial charge in [-0.3, -0.25) is 14.9 Å². The van der Waals surface area contributed by atoms with E-state index in [2.05, 4.69) is 17.2 Å². The quantitative estimate of drug-likeness (QED) is 0.478. The molecule has 2 saturated heterocycles. The summed E-state index contributed by atoms with van der Waals surface area (Å²) in [5, 5.41) is 15.0. The Labute approximate surface area is 162 Å². The summed E-state index contributed by atoms with van der Waals surface area (Å²) in [4.78, 5) is 38.4. The van der Waals surface area contributed by atoms with Gasteiger partial charge in [0, 0.05) is 11.3 Å². The molecule has 0 radical (unpaired) electrons. The predicted molar refractivity (Wildman–Crippen MR) is 103 cm³/mol. The molecule has 3 N–H and O–H groups in total. The van der Waals surface area contributed by atoms with Crippen LogP contribution in [0.3, 0.4) is 0 Å². The van der Waals surface area contributed by atoms with Crippen LogP contribution in [0, 0.1) is 0 Å². The Morgan fingerprint density at radius 1 is 1.37 bits per heavy atom. The van der Waals surface area contributed by atoms with Gasteiger partial charge in [-0.2, -0.15) is 0 Å². The molecule has 4 unspecified atom stereocenters. The Morgan fingerprint density at radius 3 is 2.63 bits per heavy atom. The SMILES string of the molecule is C=CCNC(C(=O)NC1C(=O)N2C1SC(C)(C)C2C(=O)O)c1ccccc1. The lowest BCUT2D eigenvalue weighted by Gasteiger charge is -2.44. The number of nitrogens with zero attached hydrogens (tertiary/aromatic N) is 1. The van der Waals surface area contributed by atoms with Gasteiger partial charge in [0.25, 0.3) is 0 Å². The molecule has 1 aromatic rings. The minimum absolute atomic E-state index is 0.321. The number of carbonyl (C=O) groups excluding carboxylic acids is 2. The van der Waals surface area contributed by atoms with Crippen LogP contribution in [0.2, 0.25) is 0 Å². The minimum atomic E-state index is -1.03. The summed E-state index contributed by atoms with van der Waals surface area (Å²) < 4.78 is -0.619. The molecule has 3 rings (SSSR count). The summed E-state index contributed by atoms with van der Waals surface area (Å²) in [6, 6.07) is 6.98. The van der Waals surface area contributed by atoms with Crippen molar-refractivity contribution in [2.45, 2.75) is 42.1 Å². The van der Waals surface area contributed by atoms with Crippen LogP contribution in [0.1, 0.15) is 25.5 Å². The normalized spacial score (nSPS) is 26.7. The van der Waals surface area contributed by atoms with Gasteiger partial charge in [-0.25, -0.2) is 4.79 Å². The topological polar surface area (TPSA) is 98.7 Å². The van der Waals surface area contributed by atoms with Crippen LogP contribution in [-0.4, -0.2) is 56.5 Å². The Kier molecular flexibility index (Phi) is 5.30. The molecule has 0 bridgehead atoms. The number of β-lactam (4-membered cyclic amide) rings is 1. The van der Waals surface area contributed by atoms with E-state index in [0.717, 1.165) is 5.56 Å². The van der Waals surface area contributed by atoms with Gasteiger partial charge in [-0.05, 0) is 19.4 Å². The number of benzene rings is 1. The summed E-state index contributed by atoms with van der Waals surface area (Å²) in [7, 11) is 0. The molecule has 2 aliphatic heterocycles. The van der Waals surface area contributed by atoms with Crippen molar-refractivity contribution in [3.8, 4) is 0 Å².